The van der Waals surface area contributed by atoms with Gasteiger partial charge in [0.25, 0.3) is 0 Å². The highest BCUT2D eigenvalue weighted by molar-refractivity contribution is 14.0. The summed E-state index contributed by atoms with van der Waals surface area (Å²) in [7, 11) is 0. The first-order valence-electron chi connectivity index (χ1n) is 5.26. The fourth-order valence-electron chi connectivity index (χ4n) is 2.08. The number of hydrogen-bond acceptors (Lipinski definition) is 3. The maximum Gasteiger partial charge on any atom is 0.0930 e. The van der Waals surface area contributed by atoms with Crippen LogP contribution in [0.2, 0.25) is 0 Å². The summed E-state index contributed by atoms with van der Waals surface area (Å²) in [6.07, 6.45) is 3.63. The highest BCUT2D eigenvalue weighted by Crippen LogP contribution is 2.35. The summed E-state index contributed by atoms with van der Waals surface area (Å²) in [5.74, 6) is 1.90. The molecule has 94 valence electrons. The van der Waals surface area contributed by atoms with Crippen molar-refractivity contribution in [2.24, 2.45) is 0 Å². The van der Waals surface area contributed by atoms with E-state index in [1.54, 1.807) is 6.20 Å². The molecule has 0 bridgehead atoms. The van der Waals surface area contributed by atoms with Crippen LogP contribution in [0.1, 0.15) is 11.3 Å². The quantitative estimate of drug-likeness (QED) is 0.357. The number of thiol groups is 1. The van der Waals surface area contributed by atoms with Crippen molar-refractivity contribution in [2.45, 2.75) is 11.6 Å². The number of nitrogens with zero attached hydrogens (tertiary/aromatic N) is 2. The molecular formula is C12H12IN3S2. The lowest BCUT2D eigenvalue weighted by Gasteiger charge is -2.04. The molecule has 0 radical (unpaired) electrons. The van der Waals surface area contributed by atoms with E-state index >= 15 is 0 Å². The molecule has 0 fully saturated rings. The summed E-state index contributed by atoms with van der Waals surface area (Å²) in [6.45, 7) is 0. The number of fused-ring (bicyclic) bond motifs is 1. The number of thioether (sulfide) groups is 1. The number of nitrogens with one attached hydrogen (secondary N) is 1. The Morgan fingerprint density at radius 1 is 1.50 bits per heavy atom. The van der Waals surface area contributed by atoms with Gasteiger partial charge in [0.2, 0.25) is 0 Å². The Kier molecular flexibility index (Phi) is 4.39. The van der Waals surface area contributed by atoms with Crippen molar-refractivity contribution in [2.75, 3.05) is 0 Å². The van der Waals surface area contributed by atoms with E-state index in [1.807, 2.05) is 36.2 Å². The van der Waals surface area contributed by atoms with Crippen LogP contribution >= 0.6 is 48.4 Å². The molecule has 2 aromatic heterocycles. The van der Waals surface area contributed by atoms with Gasteiger partial charge in [0, 0.05) is 35.0 Å². The van der Waals surface area contributed by atoms with Crippen molar-refractivity contribution in [1.29, 1.82) is 5.41 Å². The van der Waals surface area contributed by atoms with Gasteiger partial charge in [0.15, 0.2) is 0 Å². The van der Waals surface area contributed by atoms with Gasteiger partial charge in [-0.15, -0.1) is 48.4 Å². The summed E-state index contributed by atoms with van der Waals surface area (Å²) in [4.78, 5) is 4.15. The largest absolute Gasteiger partial charge is 0.333 e. The maximum absolute atomic E-state index is 7.71. The predicted molar refractivity (Wildman–Crippen MR) is 90.2 cm³/mol. The Morgan fingerprint density at radius 2 is 2.33 bits per heavy atom. The third-order valence-corrected chi connectivity index (χ3v) is 4.04. The first kappa shape index (κ1) is 14.0. The molecule has 2 aromatic rings. The second-order valence-corrected chi connectivity index (χ2v) is 5.29. The Morgan fingerprint density at radius 3 is 3.00 bits per heavy atom. The summed E-state index contributed by atoms with van der Waals surface area (Å²) in [5.41, 5.74) is 4.37. The molecule has 0 unspecified atom stereocenters. The van der Waals surface area contributed by atoms with Gasteiger partial charge in [-0.2, -0.15) is 0 Å². The molecule has 0 spiro atoms. The van der Waals surface area contributed by atoms with Gasteiger partial charge >= 0.3 is 0 Å². The van der Waals surface area contributed by atoms with E-state index in [0.717, 1.165) is 28.5 Å². The minimum Gasteiger partial charge on any atom is -0.333 e. The van der Waals surface area contributed by atoms with Gasteiger partial charge in [0.1, 0.15) is 0 Å². The molecular weight excluding hydrogens is 377 g/mol. The molecule has 0 saturated carbocycles. The first-order valence-corrected chi connectivity index (χ1v) is 6.86. The van der Waals surface area contributed by atoms with Crippen molar-refractivity contribution in [3.05, 3.63) is 41.9 Å². The molecule has 3 nitrogen and oxygen atoms in total. The molecule has 1 aliphatic heterocycles. The average Bonchev–Trinajstić information content (AvgIpc) is 2.90. The Balaban J connectivity index is 0.00000120. The second kappa shape index (κ2) is 5.66. The van der Waals surface area contributed by atoms with Gasteiger partial charge in [-0.05, 0) is 18.2 Å². The highest BCUT2D eigenvalue weighted by atomic mass is 127. The molecule has 6 heteroatoms. The number of rotatable bonds is 2. The van der Waals surface area contributed by atoms with Crippen molar-refractivity contribution in [1.82, 2.24) is 9.55 Å². The highest BCUT2D eigenvalue weighted by Gasteiger charge is 2.21. The Bertz CT molecular complexity index is 581. The van der Waals surface area contributed by atoms with E-state index in [2.05, 4.69) is 22.2 Å². The number of hydrogen-bond donors (Lipinski definition) is 2. The zero-order valence-corrected chi connectivity index (χ0v) is 13.5. The fourth-order valence-corrected chi connectivity index (χ4v) is 3.35. The molecule has 0 aliphatic carbocycles. The molecule has 18 heavy (non-hydrogen) atoms. The van der Waals surface area contributed by atoms with Gasteiger partial charge in [-0.1, -0.05) is 0 Å². The molecule has 0 atom stereocenters. The molecule has 3 heterocycles. The smallest absolute Gasteiger partial charge is 0.0930 e. The molecule has 1 aliphatic rings. The van der Waals surface area contributed by atoms with Gasteiger partial charge in [0.05, 0.1) is 16.6 Å². The Hall–Kier alpha value is -0.470. The maximum atomic E-state index is 7.71. The average molecular weight is 389 g/mol. The second-order valence-electron chi connectivity index (χ2n) is 3.89. The van der Waals surface area contributed by atoms with Crippen LogP contribution < -0.4 is 0 Å². The molecule has 0 saturated heterocycles. The summed E-state index contributed by atoms with van der Waals surface area (Å²) in [6, 6.07) is 6.02. The van der Waals surface area contributed by atoms with Crippen LogP contribution in [-0.2, 0) is 11.6 Å². The van der Waals surface area contributed by atoms with E-state index in [0.29, 0.717) is 5.04 Å². The van der Waals surface area contributed by atoms with Crippen molar-refractivity contribution >= 4 is 53.4 Å². The normalized spacial score (nSPS) is 12.9. The predicted octanol–water partition coefficient (Wildman–Crippen LogP) is 3.63. The summed E-state index contributed by atoms with van der Waals surface area (Å²) >= 11 is 6.02. The van der Waals surface area contributed by atoms with E-state index in [9.17, 15) is 0 Å². The van der Waals surface area contributed by atoms with E-state index in [-0.39, 0.29) is 24.0 Å². The molecule has 0 aromatic carbocycles. The molecule has 3 rings (SSSR count). The Labute approximate surface area is 132 Å². The van der Waals surface area contributed by atoms with Crippen molar-refractivity contribution in [3.63, 3.8) is 0 Å². The monoisotopic (exact) mass is 389 g/mol. The summed E-state index contributed by atoms with van der Waals surface area (Å²) < 4.78 is 2.25. The number of aromatic nitrogens is 2. The molecule has 1 N–H and O–H groups in total. The van der Waals surface area contributed by atoms with Crippen LogP contribution in [-0.4, -0.2) is 14.6 Å². The number of halogens is 1. The third-order valence-electron chi connectivity index (χ3n) is 2.88. The van der Waals surface area contributed by atoms with Crippen LogP contribution in [0.15, 0.2) is 30.6 Å². The van der Waals surface area contributed by atoms with Crippen LogP contribution in [0, 0.1) is 5.41 Å². The van der Waals surface area contributed by atoms with Crippen LogP contribution in [0.3, 0.4) is 0 Å². The van der Waals surface area contributed by atoms with Crippen LogP contribution in [0.4, 0.5) is 0 Å². The van der Waals surface area contributed by atoms with Crippen molar-refractivity contribution in [3.8, 4) is 11.3 Å². The zero-order chi connectivity index (χ0) is 11.8. The van der Waals surface area contributed by atoms with Gasteiger partial charge < -0.3 is 4.57 Å². The van der Waals surface area contributed by atoms with E-state index < -0.39 is 0 Å². The third kappa shape index (κ3) is 2.33. The molecule has 0 amide bonds. The lowest BCUT2D eigenvalue weighted by atomic mass is 10.2. The summed E-state index contributed by atoms with van der Waals surface area (Å²) in [5, 5.41) is 8.05. The lowest BCUT2D eigenvalue weighted by Crippen LogP contribution is -1.96. The van der Waals surface area contributed by atoms with Gasteiger partial charge in [-0.25, -0.2) is 0 Å². The van der Waals surface area contributed by atoms with E-state index in [4.69, 9.17) is 5.41 Å². The first-order chi connectivity index (χ1) is 8.27. The van der Waals surface area contributed by atoms with E-state index in [1.165, 1.54) is 5.69 Å². The standard InChI is InChI=1S/C12H11N3S2.HI/c13-12(16)9-4-10(8-2-1-3-14-5-8)15-7-17-6-11(9)15;/h1-5H,6-7H2,(H2,13,16);1H. The number of pyridine rings is 1. The minimum absolute atomic E-state index is 0. The van der Waals surface area contributed by atoms with Crippen LogP contribution in [0.25, 0.3) is 11.3 Å². The topological polar surface area (TPSA) is 41.7 Å². The van der Waals surface area contributed by atoms with Gasteiger partial charge in [-0.3, -0.25) is 10.4 Å². The fraction of sp³-hybridized carbons (Fsp3) is 0.167. The SMILES string of the molecule is I.N=C(S)c1cc(-c2cccnc2)n2c1CSC2. The van der Waals surface area contributed by atoms with Crippen molar-refractivity contribution < 1.29 is 0 Å². The zero-order valence-electron chi connectivity index (χ0n) is 9.46. The minimum atomic E-state index is 0. The lowest BCUT2D eigenvalue weighted by molar-refractivity contribution is 0.895. The van der Waals surface area contributed by atoms with Crippen LogP contribution in [0.5, 0.6) is 0 Å².